The molecule has 0 spiro atoms. The van der Waals surface area contributed by atoms with Gasteiger partial charge in [-0.15, -0.1) is 0 Å². The molecule has 2 aromatic carbocycles. The number of carbonyl (C=O) groups is 3. The van der Waals surface area contributed by atoms with Crippen molar-refractivity contribution in [2.24, 2.45) is 0 Å². The summed E-state index contributed by atoms with van der Waals surface area (Å²) in [6.07, 6.45) is 2.04. The van der Waals surface area contributed by atoms with Gasteiger partial charge in [-0.25, -0.2) is 0 Å². The molecule has 1 fully saturated rings. The third-order valence-electron chi connectivity index (χ3n) is 4.47. The third kappa shape index (κ3) is 4.73. The second kappa shape index (κ2) is 7.61. The van der Waals surface area contributed by atoms with Crippen LogP contribution in [0.5, 0.6) is 0 Å². The maximum absolute atomic E-state index is 12.7. The van der Waals surface area contributed by atoms with Crippen molar-refractivity contribution in [3.8, 4) is 0 Å². The zero-order valence-corrected chi connectivity index (χ0v) is 15.7. The highest BCUT2D eigenvalue weighted by Gasteiger charge is 2.24. The summed E-state index contributed by atoms with van der Waals surface area (Å²) in [5.74, 6) is -0.624. The molecule has 0 radical (unpaired) electrons. The second-order valence-corrected chi connectivity index (χ2v) is 6.94. The highest BCUT2D eigenvalue weighted by molar-refractivity contribution is 6.06. The zero-order valence-electron chi connectivity index (χ0n) is 15.7. The van der Waals surface area contributed by atoms with Gasteiger partial charge in [0, 0.05) is 35.5 Å². The Morgan fingerprint density at radius 3 is 1.85 bits per heavy atom. The van der Waals surface area contributed by atoms with E-state index in [0.717, 1.165) is 24.0 Å². The molecule has 6 nitrogen and oxygen atoms in total. The van der Waals surface area contributed by atoms with E-state index in [1.807, 2.05) is 19.9 Å². The molecule has 0 aromatic heterocycles. The first kappa shape index (κ1) is 18.6. The van der Waals surface area contributed by atoms with E-state index in [1.165, 1.54) is 6.92 Å². The number of rotatable bonds is 5. The van der Waals surface area contributed by atoms with Crippen LogP contribution in [0.1, 0.15) is 51.6 Å². The quantitative estimate of drug-likeness (QED) is 0.759. The Labute approximate surface area is 158 Å². The number of aryl methyl sites for hydroxylation is 2. The van der Waals surface area contributed by atoms with Crippen LogP contribution in [0.2, 0.25) is 0 Å². The van der Waals surface area contributed by atoms with Crippen molar-refractivity contribution in [1.82, 2.24) is 5.32 Å². The van der Waals surface area contributed by atoms with Crippen molar-refractivity contribution >= 4 is 29.1 Å². The molecule has 3 N–H and O–H groups in total. The lowest BCUT2D eigenvalue weighted by molar-refractivity contribution is -0.114. The van der Waals surface area contributed by atoms with Gasteiger partial charge in [0.15, 0.2) is 0 Å². The molecule has 1 aliphatic rings. The van der Waals surface area contributed by atoms with Crippen LogP contribution >= 0.6 is 0 Å². The van der Waals surface area contributed by atoms with Gasteiger partial charge >= 0.3 is 0 Å². The number of amides is 3. The normalized spacial score (nSPS) is 13.0. The summed E-state index contributed by atoms with van der Waals surface area (Å²) in [6.45, 7) is 5.16. The molecule has 1 saturated carbocycles. The number of anilines is 2. The monoisotopic (exact) mass is 365 g/mol. The van der Waals surface area contributed by atoms with E-state index in [1.54, 1.807) is 30.3 Å². The van der Waals surface area contributed by atoms with Gasteiger partial charge in [0.25, 0.3) is 11.8 Å². The van der Waals surface area contributed by atoms with Crippen molar-refractivity contribution in [3.63, 3.8) is 0 Å². The summed E-state index contributed by atoms with van der Waals surface area (Å²) in [6, 6.07) is 10.7. The SMILES string of the molecule is CC(=O)Nc1cc(C(=O)Nc2cc(C(=O)NC3CC3)ccc2C)ccc1C. The maximum Gasteiger partial charge on any atom is 0.255 e. The van der Waals surface area contributed by atoms with Gasteiger partial charge in [0.05, 0.1) is 0 Å². The molecule has 1 aliphatic carbocycles. The first-order chi connectivity index (χ1) is 12.8. The average molecular weight is 365 g/mol. The lowest BCUT2D eigenvalue weighted by Crippen LogP contribution is -2.25. The van der Waals surface area contributed by atoms with Crippen molar-refractivity contribution in [1.29, 1.82) is 0 Å². The summed E-state index contributed by atoms with van der Waals surface area (Å²) in [4.78, 5) is 36.2. The van der Waals surface area contributed by atoms with Crippen molar-refractivity contribution in [3.05, 3.63) is 58.7 Å². The predicted octanol–water partition coefficient (Wildman–Crippen LogP) is 3.41. The fourth-order valence-corrected chi connectivity index (χ4v) is 2.68. The molecule has 3 amide bonds. The molecule has 0 saturated heterocycles. The Kier molecular flexibility index (Phi) is 5.26. The fourth-order valence-electron chi connectivity index (χ4n) is 2.68. The fraction of sp³-hybridized carbons (Fsp3) is 0.286. The molecule has 0 unspecified atom stereocenters. The summed E-state index contributed by atoms with van der Waals surface area (Å²) in [7, 11) is 0. The highest BCUT2D eigenvalue weighted by Crippen LogP contribution is 2.23. The van der Waals surface area contributed by atoms with Crippen molar-refractivity contribution in [2.75, 3.05) is 10.6 Å². The maximum atomic E-state index is 12.7. The summed E-state index contributed by atoms with van der Waals surface area (Å²) < 4.78 is 0. The second-order valence-electron chi connectivity index (χ2n) is 6.94. The summed E-state index contributed by atoms with van der Waals surface area (Å²) in [5, 5.41) is 8.52. The standard InChI is InChI=1S/C21H23N3O3/c1-12-4-7-16(10-18(12)22-14(3)25)21(27)24-19-11-15(6-5-13(19)2)20(26)23-17-8-9-17/h4-7,10-11,17H,8-9H2,1-3H3,(H,22,25)(H,23,26)(H,24,27). The molecule has 0 heterocycles. The van der Waals surface area contributed by atoms with Gasteiger partial charge in [-0.05, 0) is 62.1 Å². The van der Waals surface area contributed by atoms with Gasteiger partial charge in [-0.3, -0.25) is 14.4 Å². The Morgan fingerprint density at radius 2 is 1.33 bits per heavy atom. The van der Waals surface area contributed by atoms with E-state index in [4.69, 9.17) is 0 Å². The molecular formula is C21H23N3O3. The minimum Gasteiger partial charge on any atom is -0.349 e. The van der Waals surface area contributed by atoms with Gasteiger partial charge in [-0.2, -0.15) is 0 Å². The van der Waals surface area contributed by atoms with E-state index in [9.17, 15) is 14.4 Å². The first-order valence-corrected chi connectivity index (χ1v) is 8.94. The van der Waals surface area contributed by atoms with Crippen LogP contribution in [0.3, 0.4) is 0 Å². The first-order valence-electron chi connectivity index (χ1n) is 8.94. The Bertz CT molecular complexity index is 917. The summed E-state index contributed by atoms with van der Waals surface area (Å²) in [5.41, 5.74) is 3.87. The van der Waals surface area contributed by atoms with E-state index in [0.29, 0.717) is 22.5 Å². The van der Waals surface area contributed by atoms with Crippen LogP contribution in [-0.4, -0.2) is 23.8 Å². The third-order valence-corrected chi connectivity index (χ3v) is 4.47. The van der Waals surface area contributed by atoms with Crippen LogP contribution in [0.4, 0.5) is 11.4 Å². The van der Waals surface area contributed by atoms with Crippen molar-refractivity contribution < 1.29 is 14.4 Å². The van der Waals surface area contributed by atoms with Crippen LogP contribution in [0, 0.1) is 13.8 Å². The Morgan fingerprint density at radius 1 is 0.815 bits per heavy atom. The highest BCUT2D eigenvalue weighted by atomic mass is 16.2. The van der Waals surface area contributed by atoms with Crippen LogP contribution in [0.15, 0.2) is 36.4 Å². The number of hydrogen-bond donors (Lipinski definition) is 3. The van der Waals surface area contributed by atoms with Crippen LogP contribution < -0.4 is 16.0 Å². The van der Waals surface area contributed by atoms with Gasteiger partial charge in [0.2, 0.25) is 5.91 Å². The molecule has 0 aliphatic heterocycles. The van der Waals surface area contributed by atoms with Crippen molar-refractivity contribution in [2.45, 2.75) is 39.7 Å². The van der Waals surface area contributed by atoms with E-state index in [-0.39, 0.29) is 23.8 Å². The predicted molar refractivity (Wildman–Crippen MR) is 105 cm³/mol. The molecule has 6 heteroatoms. The van der Waals surface area contributed by atoms with Gasteiger partial charge in [0.1, 0.15) is 0 Å². The number of carbonyl (C=O) groups excluding carboxylic acids is 3. The minimum absolute atomic E-state index is 0.128. The minimum atomic E-state index is -0.301. The van der Waals surface area contributed by atoms with E-state index >= 15 is 0 Å². The molecular weight excluding hydrogens is 342 g/mol. The number of hydrogen-bond acceptors (Lipinski definition) is 3. The molecule has 27 heavy (non-hydrogen) atoms. The van der Waals surface area contributed by atoms with Gasteiger partial charge < -0.3 is 16.0 Å². The summed E-state index contributed by atoms with van der Waals surface area (Å²) >= 11 is 0. The Hall–Kier alpha value is -3.15. The van der Waals surface area contributed by atoms with E-state index < -0.39 is 0 Å². The molecule has 0 atom stereocenters. The molecule has 0 bridgehead atoms. The number of benzene rings is 2. The lowest BCUT2D eigenvalue weighted by atomic mass is 10.1. The smallest absolute Gasteiger partial charge is 0.255 e. The lowest BCUT2D eigenvalue weighted by Gasteiger charge is -2.12. The number of nitrogens with one attached hydrogen (secondary N) is 3. The molecule has 140 valence electrons. The zero-order chi connectivity index (χ0) is 19.6. The average Bonchev–Trinajstić information content (AvgIpc) is 3.42. The topological polar surface area (TPSA) is 87.3 Å². The molecule has 2 aromatic rings. The van der Waals surface area contributed by atoms with Gasteiger partial charge in [-0.1, -0.05) is 12.1 Å². The van der Waals surface area contributed by atoms with Crippen LogP contribution in [0.25, 0.3) is 0 Å². The van der Waals surface area contributed by atoms with Crippen LogP contribution in [-0.2, 0) is 4.79 Å². The molecule has 3 rings (SSSR count). The Balaban J connectivity index is 1.79. The van der Waals surface area contributed by atoms with E-state index in [2.05, 4.69) is 16.0 Å². The largest absolute Gasteiger partial charge is 0.349 e.